The summed E-state index contributed by atoms with van der Waals surface area (Å²) < 4.78 is 5.61. The summed E-state index contributed by atoms with van der Waals surface area (Å²) in [6, 6.07) is 0. The number of nitrogens with one attached hydrogen (secondary N) is 2. The monoisotopic (exact) mass is 442 g/mol. The van der Waals surface area contributed by atoms with E-state index in [1.54, 1.807) is 0 Å². The van der Waals surface area contributed by atoms with Gasteiger partial charge in [-0.1, -0.05) is 27.7 Å². The zero-order valence-corrected chi connectivity index (χ0v) is 18.2. The molecule has 23 heavy (non-hydrogen) atoms. The van der Waals surface area contributed by atoms with Crippen molar-refractivity contribution in [2.75, 3.05) is 52.5 Å². The smallest absolute Gasteiger partial charge is 0.191 e. The second-order valence-corrected chi connectivity index (χ2v) is 5.86. The van der Waals surface area contributed by atoms with Crippen molar-refractivity contribution in [3.63, 3.8) is 0 Å². The zero-order valence-electron chi connectivity index (χ0n) is 15.9. The van der Waals surface area contributed by atoms with Gasteiger partial charge in [0.05, 0.1) is 6.61 Å². The molecule has 0 saturated carbocycles. The van der Waals surface area contributed by atoms with Gasteiger partial charge in [0.15, 0.2) is 5.96 Å². The molecule has 0 heterocycles. The maximum atomic E-state index is 5.61. The van der Waals surface area contributed by atoms with Crippen molar-refractivity contribution < 1.29 is 4.74 Å². The summed E-state index contributed by atoms with van der Waals surface area (Å²) in [5.41, 5.74) is 0. The van der Waals surface area contributed by atoms with E-state index >= 15 is 0 Å². The predicted molar refractivity (Wildman–Crippen MR) is 112 cm³/mol. The second-order valence-electron chi connectivity index (χ2n) is 5.86. The summed E-state index contributed by atoms with van der Waals surface area (Å²) in [5.74, 6) is 1.60. The lowest BCUT2D eigenvalue weighted by atomic mass is 10.1. The summed E-state index contributed by atoms with van der Waals surface area (Å²) in [4.78, 5) is 7.04. The van der Waals surface area contributed by atoms with E-state index in [2.05, 4.69) is 55.1 Å². The van der Waals surface area contributed by atoms with Gasteiger partial charge in [-0.2, -0.15) is 0 Å². The molecule has 0 amide bonds. The largest absolute Gasteiger partial charge is 0.380 e. The Morgan fingerprint density at radius 2 is 1.78 bits per heavy atom. The number of halogens is 1. The number of aliphatic imine (C=N–C) groups is 1. The Kier molecular flexibility index (Phi) is 20.0. The first-order chi connectivity index (χ1) is 10.6. The molecule has 0 aromatic carbocycles. The van der Waals surface area contributed by atoms with Crippen LogP contribution in [0.2, 0.25) is 0 Å². The quantitative estimate of drug-likeness (QED) is 0.199. The van der Waals surface area contributed by atoms with Crippen LogP contribution in [0.5, 0.6) is 0 Å². The molecule has 0 aromatic heterocycles. The van der Waals surface area contributed by atoms with Gasteiger partial charge < -0.3 is 20.3 Å². The Balaban J connectivity index is 0. The predicted octanol–water partition coefficient (Wildman–Crippen LogP) is 2.95. The van der Waals surface area contributed by atoms with Crippen LogP contribution in [0.1, 0.15) is 47.5 Å². The van der Waals surface area contributed by atoms with Crippen LogP contribution < -0.4 is 10.6 Å². The highest BCUT2D eigenvalue weighted by molar-refractivity contribution is 14.0. The molecule has 0 aliphatic rings. The van der Waals surface area contributed by atoms with Crippen molar-refractivity contribution >= 4 is 29.9 Å². The Morgan fingerprint density at radius 1 is 1.09 bits per heavy atom. The maximum absolute atomic E-state index is 5.61. The molecular weight excluding hydrogens is 403 g/mol. The molecule has 0 aliphatic heterocycles. The van der Waals surface area contributed by atoms with Crippen LogP contribution in [-0.4, -0.2) is 63.3 Å². The number of hydrogen-bond donors (Lipinski definition) is 2. The molecule has 0 atom stereocenters. The topological polar surface area (TPSA) is 48.9 Å². The van der Waals surface area contributed by atoms with Crippen LogP contribution in [0.25, 0.3) is 0 Å². The van der Waals surface area contributed by atoms with Crippen molar-refractivity contribution in [1.82, 2.24) is 15.5 Å². The van der Waals surface area contributed by atoms with E-state index in [0.29, 0.717) is 5.92 Å². The van der Waals surface area contributed by atoms with E-state index in [9.17, 15) is 0 Å². The molecule has 0 aromatic rings. The SMILES string of the molecule is CCNC(=NCCCN(CC)CC)NCCOCCC(C)C.I. The minimum absolute atomic E-state index is 0. The van der Waals surface area contributed by atoms with E-state index in [-0.39, 0.29) is 24.0 Å². The van der Waals surface area contributed by atoms with Crippen molar-refractivity contribution in [2.24, 2.45) is 10.9 Å². The van der Waals surface area contributed by atoms with E-state index < -0.39 is 0 Å². The van der Waals surface area contributed by atoms with Crippen LogP contribution in [0, 0.1) is 5.92 Å². The molecule has 5 nitrogen and oxygen atoms in total. The standard InChI is InChI=1S/C17H38N4O.HI/c1-6-18-17(19-11-9-13-21(7-2)8-3)20-12-15-22-14-10-16(4)5;/h16H,6-15H2,1-5H3,(H2,18,19,20);1H. The van der Waals surface area contributed by atoms with Crippen LogP contribution in [0.15, 0.2) is 4.99 Å². The van der Waals surface area contributed by atoms with Gasteiger partial charge in [0, 0.05) is 26.2 Å². The third kappa shape index (κ3) is 16.6. The van der Waals surface area contributed by atoms with Gasteiger partial charge in [-0.05, 0) is 45.3 Å². The van der Waals surface area contributed by atoms with Crippen LogP contribution in [0.4, 0.5) is 0 Å². The molecule has 0 radical (unpaired) electrons. The Labute approximate surface area is 161 Å². The summed E-state index contributed by atoms with van der Waals surface area (Å²) in [5, 5.41) is 6.60. The molecule has 6 heteroatoms. The van der Waals surface area contributed by atoms with Gasteiger partial charge in [0.25, 0.3) is 0 Å². The van der Waals surface area contributed by atoms with Gasteiger partial charge in [-0.25, -0.2) is 0 Å². The Morgan fingerprint density at radius 3 is 2.35 bits per heavy atom. The van der Waals surface area contributed by atoms with Crippen molar-refractivity contribution in [1.29, 1.82) is 0 Å². The van der Waals surface area contributed by atoms with E-state index in [4.69, 9.17) is 4.74 Å². The van der Waals surface area contributed by atoms with Gasteiger partial charge in [0.1, 0.15) is 0 Å². The van der Waals surface area contributed by atoms with Crippen LogP contribution in [-0.2, 0) is 4.74 Å². The fraction of sp³-hybridized carbons (Fsp3) is 0.941. The van der Waals surface area contributed by atoms with Crippen molar-refractivity contribution in [2.45, 2.75) is 47.5 Å². The Hall–Kier alpha value is -0.0800. The normalized spacial score (nSPS) is 11.7. The fourth-order valence-electron chi connectivity index (χ4n) is 2.03. The highest BCUT2D eigenvalue weighted by Crippen LogP contribution is 1.98. The highest BCUT2D eigenvalue weighted by atomic mass is 127. The first kappa shape index (κ1) is 25.2. The van der Waals surface area contributed by atoms with Crippen molar-refractivity contribution in [3.8, 4) is 0 Å². The molecule has 0 rings (SSSR count). The maximum Gasteiger partial charge on any atom is 0.191 e. The number of nitrogens with zero attached hydrogens (tertiary/aromatic N) is 2. The first-order valence-electron chi connectivity index (χ1n) is 8.96. The number of guanidine groups is 1. The summed E-state index contributed by atoms with van der Waals surface area (Å²) in [6.07, 6.45) is 2.22. The molecule has 0 saturated heterocycles. The van der Waals surface area contributed by atoms with Crippen LogP contribution in [0.3, 0.4) is 0 Å². The number of hydrogen-bond acceptors (Lipinski definition) is 3. The number of rotatable bonds is 13. The molecule has 0 spiro atoms. The first-order valence-corrected chi connectivity index (χ1v) is 8.96. The van der Waals surface area contributed by atoms with E-state index in [1.165, 1.54) is 0 Å². The molecule has 0 bridgehead atoms. The average Bonchev–Trinajstić information content (AvgIpc) is 2.50. The lowest BCUT2D eigenvalue weighted by Gasteiger charge is -2.17. The van der Waals surface area contributed by atoms with Gasteiger partial charge in [-0.3, -0.25) is 4.99 Å². The second kappa shape index (κ2) is 18.3. The fourth-order valence-corrected chi connectivity index (χ4v) is 2.03. The summed E-state index contributed by atoms with van der Waals surface area (Å²) >= 11 is 0. The van der Waals surface area contributed by atoms with E-state index in [1.807, 2.05) is 0 Å². The minimum atomic E-state index is 0. The van der Waals surface area contributed by atoms with Gasteiger partial charge >= 0.3 is 0 Å². The third-order valence-electron chi connectivity index (χ3n) is 3.52. The molecular formula is C17H39IN4O. The molecule has 0 unspecified atom stereocenters. The number of ether oxygens (including phenoxy) is 1. The minimum Gasteiger partial charge on any atom is -0.380 e. The van der Waals surface area contributed by atoms with Gasteiger partial charge in [-0.15, -0.1) is 24.0 Å². The molecule has 0 aliphatic carbocycles. The van der Waals surface area contributed by atoms with Crippen molar-refractivity contribution in [3.05, 3.63) is 0 Å². The zero-order chi connectivity index (χ0) is 16.6. The highest BCUT2D eigenvalue weighted by Gasteiger charge is 2.00. The van der Waals surface area contributed by atoms with Crippen LogP contribution >= 0.6 is 24.0 Å². The third-order valence-corrected chi connectivity index (χ3v) is 3.52. The van der Waals surface area contributed by atoms with E-state index in [0.717, 1.165) is 71.3 Å². The summed E-state index contributed by atoms with van der Waals surface area (Å²) in [6.45, 7) is 18.4. The summed E-state index contributed by atoms with van der Waals surface area (Å²) in [7, 11) is 0. The lowest BCUT2D eigenvalue weighted by Crippen LogP contribution is -2.39. The lowest BCUT2D eigenvalue weighted by molar-refractivity contribution is 0.128. The molecule has 2 N–H and O–H groups in total. The van der Waals surface area contributed by atoms with Gasteiger partial charge in [0.2, 0.25) is 0 Å². The average molecular weight is 442 g/mol. The Bertz CT molecular complexity index is 271. The molecule has 0 fully saturated rings. The molecule has 140 valence electrons.